The molecule has 1 aromatic carbocycles. The molecule has 0 spiro atoms. The molecule has 1 aromatic heterocycles. The first-order valence-corrected chi connectivity index (χ1v) is 8.44. The Labute approximate surface area is 146 Å². The van der Waals surface area contributed by atoms with Crippen molar-refractivity contribution in [3.05, 3.63) is 41.8 Å². The summed E-state index contributed by atoms with van der Waals surface area (Å²) in [4.78, 5) is 14.2. The number of ether oxygens (including phenoxy) is 1. The maximum Gasteiger partial charge on any atom is 0.239 e. The zero-order valence-electron chi connectivity index (χ0n) is 14.5. The van der Waals surface area contributed by atoms with Gasteiger partial charge in [-0.25, -0.2) is 4.39 Å². The van der Waals surface area contributed by atoms with Crippen molar-refractivity contribution < 1.29 is 13.9 Å². The molecular formula is C18H23FN4O2. The van der Waals surface area contributed by atoms with E-state index in [2.05, 4.69) is 15.3 Å². The highest BCUT2D eigenvalue weighted by atomic mass is 19.1. The monoisotopic (exact) mass is 346 g/mol. The second-order valence-electron chi connectivity index (χ2n) is 6.39. The Morgan fingerprint density at radius 2 is 2.00 bits per heavy atom. The third-order valence-corrected chi connectivity index (χ3v) is 4.40. The van der Waals surface area contributed by atoms with Crippen LogP contribution in [-0.4, -0.2) is 46.3 Å². The Balaban J connectivity index is 1.42. The lowest BCUT2D eigenvalue weighted by molar-refractivity contribution is -0.117. The van der Waals surface area contributed by atoms with Crippen molar-refractivity contribution in [1.29, 1.82) is 0 Å². The summed E-state index contributed by atoms with van der Waals surface area (Å²) in [6.07, 6.45) is 1.78. The van der Waals surface area contributed by atoms with E-state index in [0.717, 1.165) is 31.6 Å². The molecular weight excluding hydrogens is 323 g/mol. The maximum atomic E-state index is 12.9. The number of aryl methyl sites for hydroxylation is 2. The maximum absolute atomic E-state index is 12.9. The van der Waals surface area contributed by atoms with Crippen molar-refractivity contribution >= 4 is 11.7 Å². The molecule has 7 heteroatoms. The molecule has 2 heterocycles. The lowest BCUT2D eigenvalue weighted by Gasteiger charge is -2.31. The number of carbonyl (C=O) groups is 1. The van der Waals surface area contributed by atoms with E-state index in [1.165, 1.54) is 12.1 Å². The van der Waals surface area contributed by atoms with Crippen LogP contribution in [-0.2, 0) is 11.8 Å². The Kier molecular flexibility index (Phi) is 5.33. The number of piperidine rings is 1. The molecule has 6 nitrogen and oxygen atoms in total. The Bertz CT molecular complexity index is 702. The molecule has 1 fully saturated rings. The van der Waals surface area contributed by atoms with Gasteiger partial charge < -0.3 is 10.1 Å². The number of hydrogen-bond acceptors (Lipinski definition) is 4. The van der Waals surface area contributed by atoms with Gasteiger partial charge in [0.25, 0.3) is 0 Å². The molecule has 0 saturated carbocycles. The van der Waals surface area contributed by atoms with Gasteiger partial charge in [0.05, 0.1) is 6.54 Å². The molecule has 1 saturated heterocycles. The molecule has 1 aliphatic heterocycles. The topological polar surface area (TPSA) is 59.4 Å². The number of hydrogen-bond donors (Lipinski definition) is 1. The largest absolute Gasteiger partial charge is 0.490 e. The van der Waals surface area contributed by atoms with E-state index in [9.17, 15) is 9.18 Å². The molecule has 134 valence electrons. The predicted molar refractivity (Wildman–Crippen MR) is 93.1 cm³/mol. The fourth-order valence-electron chi connectivity index (χ4n) is 2.90. The highest BCUT2D eigenvalue weighted by Gasteiger charge is 2.22. The first-order chi connectivity index (χ1) is 12.0. The minimum atomic E-state index is -0.267. The molecule has 0 unspecified atom stereocenters. The zero-order valence-corrected chi connectivity index (χ0v) is 14.5. The summed E-state index contributed by atoms with van der Waals surface area (Å²) in [5, 5.41) is 7.06. The van der Waals surface area contributed by atoms with Crippen LogP contribution < -0.4 is 10.1 Å². The zero-order chi connectivity index (χ0) is 17.8. The van der Waals surface area contributed by atoms with Gasteiger partial charge in [-0.05, 0) is 44.0 Å². The predicted octanol–water partition coefficient (Wildman–Crippen LogP) is 2.35. The van der Waals surface area contributed by atoms with Gasteiger partial charge in [-0.3, -0.25) is 14.4 Å². The number of nitrogens with one attached hydrogen (secondary N) is 1. The molecule has 0 atom stereocenters. The third kappa shape index (κ3) is 4.79. The van der Waals surface area contributed by atoms with E-state index in [4.69, 9.17) is 4.74 Å². The molecule has 25 heavy (non-hydrogen) atoms. The molecule has 0 radical (unpaired) electrons. The third-order valence-electron chi connectivity index (χ3n) is 4.40. The van der Waals surface area contributed by atoms with E-state index in [1.807, 2.05) is 20.0 Å². The van der Waals surface area contributed by atoms with Gasteiger partial charge >= 0.3 is 0 Å². The van der Waals surface area contributed by atoms with Crippen molar-refractivity contribution in [3.8, 4) is 5.75 Å². The number of likely N-dealkylation sites (tertiary alicyclic amines) is 1. The molecule has 1 N–H and O–H groups in total. The van der Waals surface area contributed by atoms with Crippen LogP contribution in [0.5, 0.6) is 5.75 Å². The van der Waals surface area contributed by atoms with Crippen LogP contribution >= 0.6 is 0 Å². The number of amides is 1. The first kappa shape index (κ1) is 17.4. The number of aromatic nitrogens is 2. The van der Waals surface area contributed by atoms with Gasteiger partial charge in [0.1, 0.15) is 17.7 Å². The number of carbonyl (C=O) groups excluding carboxylic acids is 1. The number of anilines is 1. The molecule has 1 aliphatic rings. The summed E-state index contributed by atoms with van der Waals surface area (Å²) >= 11 is 0. The average Bonchev–Trinajstić information content (AvgIpc) is 2.89. The summed E-state index contributed by atoms with van der Waals surface area (Å²) < 4.78 is 20.5. The summed E-state index contributed by atoms with van der Waals surface area (Å²) in [6.45, 7) is 3.87. The second-order valence-corrected chi connectivity index (χ2v) is 6.39. The molecule has 0 bridgehead atoms. The summed E-state index contributed by atoms with van der Waals surface area (Å²) in [7, 11) is 1.84. The van der Waals surface area contributed by atoms with Gasteiger partial charge in [-0.2, -0.15) is 5.10 Å². The van der Waals surface area contributed by atoms with Crippen LogP contribution in [0, 0.1) is 12.7 Å². The van der Waals surface area contributed by atoms with Crippen LogP contribution in [0.4, 0.5) is 10.2 Å². The molecule has 0 aliphatic carbocycles. The molecule has 1 amide bonds. The lowest BCUT2D eigenvalue weighted by atomic mass is 10.1. The number of rotatable bonds is 5. The van der Waals surface area contributed by atoms with E-state index >= 15 is 0 Å². The summed E-state index contributed by atoms with van der Waals surface area (Å²) in [5.74, 6) is 0.940. The van der Waals surface area contributed by atoms with Crippen LogP contribution in [0.2, 0.25) is 0 Å². The summed E-state index contributed by atoms with van der Waals surface area (Å²) in [5.41, 5.74) is 0.994. The Morgan fingerprint density at radius 3 is 2.60 bits per heavy atom. The fourth-order valence-corrected chi connectivity index (χ4v) is 2.90. The fraction of sp³-hybridized carbons (Fsp3) is 0.444. The smallest absolute Gasteiger partial charge is 0.239 e. The number of halogens is 1. The van der Waals surface area contributed by atoms with Crippen molar-refractivity contribution in [2.24, 2.45) is 7.05 Å². The lowest BCUT2D eigenvalue weighted by Crippen LogP contribution is -2.42. The molecule has 3 rings (SSSR count). The normalized spacial score (nSPS) is 16.0. The van der Waals surface area contributed by atoms with Gasteiger partial charge in [0.15, 0.2) is 5.82 Å². The highest BCUT2D eigenvalue weighted by Crippen LogP contribution is 2.19. The number of benzene rings is 1. The standard InChI is InChI=1S/C18H23FN4O2/c1-13-11-17(21-22(13)2)20-18(24)12-23-9-7-16(8-10-23)25-15-5-3-14(19)4-6-15/h3-6,11,16H,7-10,12H2,1-2H3,(H,20,21,24). The van der Waals surface area contributed by atoms with Crippen molar-refractivity contribution in [2.75, 3.05) is 25.0 Å². The quantitative estimate of drug-likeness (QED) is 0.903. The van der Waals surface area contributed by atoms with Crippen LogP contribution in [0.15, 0.2) is 30.3 Å². The minimum Gasteiger partial charge on any atom is -0.490 e. The van der Waals surface area contributed by atoms with Gasteiger partial charge in [0, 0.05) is 31.9 Å². The van der Waals surface area contributed by atoms with E-state index in [1.54, 1.807) is 16.8 Å². The number of nitrogens with zero attached hydrogens (tertiary/aromatic N) is 3. The SMILES string of the molecule is Cc1cc(NC(=O)CN2CCC(Oc3ccc(F)cc3)CC2)nn1C. The first-order valence-electron chi connectivity index (χ1n) is 8.44. The Hall–Kier alpha value is -2.41. The van der Waals surface area contributed by atoms with E-state index in [-0.39, 0.29) is 17.8 Å². The van der Waals surface area contributed by atoms with E-state index < -0.39 is 0 Å². The molecule has 2 aromatic rings. The highest BCUT2D eigenvalue weighted by molar-refractivity contribution is 5.91. The summed E-state index contributed by atoms with van der Waals surface area (Å²) in [6, 6.07) is 7.93. The van der Waals surface area contributed by atoms with Crippen LogP contribution in [0.25, 0.3) is 0 Å². The minimum absolute atomic E-state index is 0.0593. The van der Waals surface area contributed by atoms with Crippen molar-refractivity contribution in [3.63, 3.8) is 0 Å². The Morgan fingerprint density at radius 1 is 1.32 bits per heavy atom. The van der Waals surface area contributed by atoms with Crippen molar-refractivity contribution in [2.45, 2.75) is 25.9 Å². The van der Waals surface area contributed by atoms with Crippen LogP contribution in [0.1, 0.15) is 18.5 Å². The van der Waals surface area contributed by atoms with E-state index in [0.29, 0.717) is 18.1 Å². The van der Waals surface area contributed by atoms with Gasteiger partial charge in [0.2, 0.25) is 5.91 Å². The second kappa shape index (κ2) is 7.65. The average molecular weight is 346 g/mol. The van der Waals surface area contributed by atoms with Gasteiger partial charge in [-0.15, -0.1) is 0 Å². The van der Waals surface area contributed by atoms with Crippen molar-refractivity contribution in [1.82, 2.24) is 14.7 Å². The van der Waals surface area contributed by atoms with Gasteiger partial charge in [-0.1, -0.05) is 0 Å². The van der Waals surface area contributed by atoms with Crippen LogP contribution in [0.3, 0.4) is 0 Å².